The zero-order valence-corrected chi connectivity index (χ0v) is 18.8. The minimum atomic E-state index is 0.883. The van der Waals surface area contributed by atoms with Gasteiger partial charge in [0.05, 0.1) is 11.4 Å². The molecule has 6 aromatic carbocycles. The standard InChI is InChI=1S/C33H19NO/c1-2-13-30-24(8-1)26-9-4-10-27(33(26)35-30)29-12-5-11-28(34-29)23-18-16-22-15-14-20-6-3-7-21-17-19-25(23)32(22)31(20)21/h1-19H. The van der Waals surface area contributed by atoms with Gasteiger partial charge in [0.25, 0.3) is 0 Å². The van der Waals surface area contributed by atoms with Gasteiger partial charge in [-0.3, -0.25) is 0 Å². The van der Waals surface area contributed by atoms with Gasteiger partial charge in [-0.05, 0) is 56.6 Å². The van der Waals surface area contributed by atoms with E-state index < -0.39 is 0 Å². The molecular formula is C33H19NO. The Labute approximate surface area is 201 Å². The Morgan fingerprint density at radius 2 is 1.09 bits per heavy atom. The van der Waals surface area contributed by atoms with Gasteiger partial charge in [0.1, 0.15) is 11.2 Å². The third kappa shape index (κ3) is 2.62. The highest BCUT2D eigenvalue weighted by molar-refractivity contribution is 6.25. The second-order valence-corrected chi connectivity index (χ2v) is 9.16. The second-order valence-electron chi connectivity index (χ2n) is 9.16. The summed E-state index contributed by atoms with van der Waals surface area (Å²) < 4.78 is 6.29. The van der Waals surface area contributed by atoms with Crippen molar-refractivity contribution in [3.8, 4) is 22.5 Å². The number of nitrogens with zero attached hydrogens (tertiary/aromatic N) is 1. The molecule has 0 N–H and O–H groups in total. The highest BCUT2D eigenvalue weighted by Crippen LogP contribution is 2.40. The number of furan rings is 1. The number of rotatable bonds is 2. The maximum absolute atomic E-state index is 6.29. The van der Waals surface area contributed by atoms with Crippen molar-refractivity contribution in [2.45, 2.75) is 0 Å². The number of benzene rings is 6. The fraction of sp³-hybridized carbons (Fsp3) is 0. The normalized spacial score (nSPS) is 12.0. The zero-order valence-electron chi connectivity index (χ0n) is 18.8. The minimum Gasteiger partial charge on any atom is -0.455 e. The van der Waals surface area contributed by atoms with E-state index in [9.17, 15) is 0 Å². The molecule has 0 aliphatic heterocycles. The lowest BCUT2D eigenvalue weighted by atomic mass is 9.91. The van der Waals surface area contributed by atoms with Crippen LogP contribution in [-0.2, 0) is 0 Å². The summed E-state index contributed by atoms with van der Waals surface area (Å²) >= 11 is 0. The van der Waals surface area contributed by atoms with Crippen LogP contribution in [0.1, 0.15) is 0 Å². The van der Waals surface area contributed by atoms with E-state index in [2.05, 4.69) is 103 Å². The summed E-state index contributed by atoms with van der Waals surface area (Å²) in [5.41, 5.74) is 5.82. The fourth-order valence-electron chi connectivity index (χ4n) is 5.64. The Kier molecular flexibility index (Phi) is 3.69. The Balaban J connectivity index is 1.38. The molecule has 2 aromatic heterocycles. The van der Waals surface area contributed by atoms with Crippen LogP contribution in [-0.4, -0.2) is 4.98 Å². The molecule has 0 saturated carbocycles. The highest BCUT2D eigenvalue weighted by atomic mass is 16.3. The number of hydrogen-bond donors (Lipinski definition) is 0. The molecule has 0 bridgehead atoms. The van der Waals surface area contributed by atoms with Gasteiger partial charge in [-0.2, -0.15) is 0 Å². The van der Waals surface area contributed by atoms with Gasteiger partial charge in [0.2, 0.25) is 0 Å². The lowest BCUT2D eigenvalue weighted by Crippen LogP contribution is -1.91. The summed E-state index contributed by atoms with van der Waals surface area (Å²) in [6.07, 6.45) is 0. The van der Waals surface area contributed by atoms with Gasteiger partial charge < -0.3 is 4.42 Å². The van der Waals surface area contributed by atoms with Gasteiger partial charge in [0.15, 0.2) is 0 Å². The molecule has 0 radical (unpaired) electrons. The first kappa shape index (κ1) is 18.7. The number of aromatic nitrogens is 1. The topological polar surface area (TPSA) is 26.0 Å². The zero-order chi connectivity index (χ0) is 22.9. The first-order valence-corrected chi connectivity index (χ1v) is 11.9. The summed E-state index contributed by atoms with van der Waals surface area (Å²) in [7, 11) is 0. The van der Waals surface area contributed by atoms with E-state index >= 15 is 0 Å². The molecule has 2 heteroatoms. The summed E-state index contributed by atoms with van der Waals surface area (Å²) in [6, 6.07) is 40.6. The third-order valence-electron chi connectivity index (χ3n) is 7.23. The van der Waals surface area contributed by atoms with E-state index in [-0.39, 0.29) is 0 Å². The lowest BCUT2D eigenvalue weighted by Gasteiger charge is -2.14. The fourth-order valence-corrected chi connectivity index (χ4v) is 5.64. The van der Waals surface area contributed by atoms with Crippen LogP contribution >= 0.6 is 0 Å². The highest BCUT2D eigenvalue weighted by Gasteiger charge is 2.15. The second kappa shape index (κ2) is 6.91. The van der Waals surface area contributed by atoms with Crippen LogP contribution in [0.25, 0.3) is 76.8 Å². The number of para-hydroxylation sites is 2. The summed E-state index contributed by atoms with van der Waals surface area (Å²) in [6.45, 7) is 0. The number of pyridine rings is 1. The predicted molar refractivity (Wildman–Crippen MR) is 146 cm³/mol. The maximum Gasteiger partial charge on any atom is 0.144 e. The van der Waals surface area contributed by atoms with Crippen molar-refractivity contribution in [3.63, 3.8) is 0 Å². The largest absolute Gasteiger partial charge is 0.455 e. The van der Waals surface area contributed by atoms with E-state index in [0.29, 0.717) is 0 Å². The molecule has 0 aliphatic carbocycles. The Hall–Kier alpha value is -4.69. The monoisotopic (exact) mass is 445 g/mol. The SMILES string of the molecule is c1cc(-c2ccc3ccc4cccc5ccc2c3c45)nc(-c2cccc3c2oc2ccccc23)c1. The van der Waals surface area contributed by atoms with Crippen LogP contribution in [0.2, 0.25) is 0 Å². The van der Waals surface area contributed by atoms with Crippen LogP contribution in [0.3, 0.4) is 0 Å². The minimum absolute atomic E-state index is 0.883. The van der Waals surface area contributed by atoms with Crippen molar-refractivity contribution in [1.82, 2.24) is 4.98 Å². The van der Waals surface area contributed by atoms with Crippen molar-refractivity contribution in [1.29, 1.82) is 0 Å². The number of fused-ring (bicyclic) bond motifs is 3. The van der Waals surface area contributed by atoms with Gasteiger partial charge in [-0.25, -0.2) is 4.98 Å². The molecule has 2 nitrogen and oxygen atoms in total. The molecule has 162 valence electrons. The Bertz CT molecular complexity index is 2050. The van der Waals surface area contributed by atoms with E-state index in [1.54, 1.807) is 0 Å². The van der Waals surface area contributed by atoms with Crippen LogP contribution in [0.15, 0.2) is 120 Å². The molecule has 0 unspecified atom stereocenters. The first-order valence-electron chi connectivity index (χ1n) is 11.9. The Morgan fingerprint density at radius 1 is 0.429 bits per heavy atom. The molecule has 0 spiro atoms. The van der Waals surface area contributed by atoms with Crippen LogP contribution < -0.4 is 0 Å². The van der Waals surface area contributed by atoms with Crippen LogP contribution in [0.5, 0.6) is 0 Å². The summed E-state index contributed by atoms with van der Waals surface area (Å²) in [5.74, 6) is 0. The van der Waals surface area contributed by atoms with Crippen LogP contribution in [0.4, 0.5) is 0 Å². The Morgan fingerprint density at radius 3 is 1.97 bits per heavy atom. The predicted octanol–water partition coefficient (Wildman–Crippen LogP) is 9.21. The third-order valence-corrected chi connectivity index (χ3v) is 7.23. The summed E-state index contributed by atoms with van der Waals surface area (Å²) in [4.78, 5) is 5.16. The average Bonchev–Trinajstić information content (AvgIpc) is 3.31. The molecule has 0 aliphatic rings. The maximum atomic E-state index is 6.29. The van der Waals surface area contributed by atoms with Gasteiger partial charge in [-0.1, -0.05) is 91.0 Å². The molecule has 0 atom stereocenters. The number of hydrogen-bond acceptors (Lipinski definition) is 2. The first-order chi connectivity index (χ1) is 17.3. The van der Waals surface area contributed by atoms with E-state index in [0.717, 1.165) is 44.5 Å². The van der Waals surface area contributed by atoms with E-state index in [1.807, 2.05) is 12.1 Å². The van der Waals surface area contributed by atoms with Crippen molar-refractivity contribution in [3.05, 3.63) is 115 Å². The van der Waals surface area contributed by atoms with E-state index in [1.165, 1.54) is 32.3 Å². The van der Waals surface area contributed by atoms with Crippen molar-refractivity contribution in [2.75, 3.05) is 0 Å². The van der Waals surface area contributed by atoms with Gasteiger partial charge in [0, 0.05) is 21.9 Å². The average molecular weight is 446 g/mol. The molecule has 35 heavy (non-hydrogen) atoms. The molecule has 0 saturated heterocycles. The van der Waals surface area contributed by atoms with Crippen molar-refractivity contribution < 1.29 is 4.42 Å². The smallest absolute Gasteiger partial charge is 0.144 e. The van der Waals surface area contributed by atoms with E-state index in [4.69, 9.17) is 9.40 Å². The molecule has 8 aromatic rings. The molecule has 0 amide bonds. The van der Waals surface area contributed by atoms with Gasteiger partial charge in [-0.15, -0.1) is 0 Å². The molecule has 2 heterocycles. The summed E-state index contributed by atoms with van der Waals surface area (Å²) in [5, 5.41) is 9.93. The molecule has 0 fully saturated rings. The van der Waals surface area contributed by atoms with Crippen molar-refractivity contribution >= 4 is 54.3 Å². The quantitative estimate of drug-likeness (QED) is 0.248. The molecular weight excluding hydrogens is 426 g/mol. The lowest BCUT2D eigenvalue weighted by molar-refractivity contribution is 0.670. The van der Waals surface area contributed by atoms with Crippen LogP contribution in [0, 0.1) is 0 Å². The van der Waals surface area contributed by atoms with Gasteiger partial charge >= 0.3 is 0 Å². The van der Waals surface area contributed by atoms with Crippen molar-refractivity contribution in [2.24, 2.45) is 0 Å². The molecule has 8 rings (SSSR count).